The van der Waals surface area contributed by atoms with Gasteiger partial charge in [-0.15, -0.1) is 0 Å². The highest BCUT2D eigenvalue weighted by Crippen LogP contribution is 2.37. The number of rotatable bonds is 7. The monoisotopic (exact) mass is 774 g/mol. The Morgan fingerprint density at radius 3 is 0.750 bits per heavy atom. The third kappa shape index (κ3) is 6.24. The maximum Gasteiger partial charge on any atom is 0.200 e. The Morgan fingerprint density at radius 2 is 0.538 bits per heavy atom. The predicted molar refractivity (Wildman–Crippen MR) is 143 cm³/mol. The maximum absolute atomic E-state index is 15.6. The molecule has 0 atom stereocenters. The molecule has 0 fully saturated rings. The highest BCUT2D eigenvalue weighted by Gasteiger charge is 2.46. The molecule has 0 unspecified atom stereocenters. The molecule has 0 amide bonds. The van der Waals surface area contributed by atoms with Gasteiger partial charge in [0.2, 0.25) is 0 Å². The van der Waals surface area contributed by atoms with Gasteiger partial charge in [0, 0.05) is 0 Å². The average molecular weight is 774 g/mol. The summed E-state index contributed by atoms with van der Waals surface area (Å²) in [7, 11) is 0. The van der Waals surface area contributed by atoms with Crippen LogP contribution in [0.3, 0.4) is 0 Å². The summed E-state index contributed by atoms with van der Waals surface area (Å²) < 4.78 is 298. The van der Waals surface area contributed by atoms with E-state index in [1.165, 1.54) is 0 Å². The Kier molecular flexibility index (Phi) is 10.8. The molecule has 0 saturated heterocycles. The first kappa shape index (κ1) is 40.4. The van der Waals surface area contributed by atoms with Crippen LogP contribution in [0, 0.1) is 122 Å². The fourth-order valence-electron chi connectivity index (χ4n) is 5.86. The van der Waals surface area contributed by atoms with E-state index in [9.17, 15) is 52.7 Å². The topological polar surface area (TPSA) is 0 Å². The number of hydrogen-bond donors (Lipinski definition) is 0. The fraction of sp³-hybridized carbons (Fsp3) is 0.200. The van der Waals surface area contributed by atoms with Crippen LogP contribution < -0.4 is 21.9 Å². The van der Waals surface area contributed by atoms with E-state index in [1.807, 2.05) is 0 Å². The van der Waals surface area contributed by atoms with Crippen molar-refractivity contribution in [2.45, 2.75) is 32.9 Å². The van der Waals surface area contributed by atoms with Crippen molar-refractivity contribution >= 4 is 35.3 Å². The van der Waals surface area contributed by atoms with Crippen LogP contribution >= 0.6 is 0 Å². The van der Waals surface area contributed by atoms with Crippen LogP contribution in [0.2, 0.25) is 5.72 Å². The zero-order valence-corrected chi connectivity index (χ0v) is 25.5. The van der Waals surface area contributed by atoms with Crippen LogP contribution in [0.1, 0.15) is 27.2 Å². The lowest BCUT2D eigenvalue weighted by Gasteiger charge is -2.46. The van der Waals surface area contributed by atoms with E-state index >= 15 is 35.1 Å². The molecule has 0 aliphatic carbocycles. The van der Waals surface area contributed by atoms with Crippen LogP contribution in [-0.4, -0.2) is 13.4 Å². The Morgan fingerprint density at radius 1 is 0.346 bits per heavy atom. The third-order valence-corrected chi connectivity index (χ3v) is 7.92. The van der Waals surface area contributed by atoms with E-state index in [0.717, 1.165) is 20.8 Å². The van der Waals surface area contributed by atoms with Crippen LogP contribution in [0.5, 0.6) is 0 Å². The minimum atomic E-state index is -3.93. The minimum Gasteiger partial charge on any atom is -0.207 e. The van der Waals surface area contributed by atoms with Crippen molar-refractivity contribution in [3.05, 3.63) is 116 Å². The molecule has 4 aromatic rings. The van der Waals surface area contributed by atoms with Crippen molar-refractivity contribution < 1.29 is 87.8 Å². The van der Waals surface area contributed by atoms with Gasteiger partial charge in [-0.3, -0.25) is 0 Å². The van der Waals surface area contributed by atoms with E-state index in [0.29, 0.717) is 0 Å². The summed E-state index contributed by atoms with van der Waals surface area (Å²) in [6, 6.07) is 0. The van der Waals surface area contributed by atoms with E-state index < -0.39 is 169 Å². The third-order valence-electron chi connectivity index (χ3n) is 7.92. The van der Waals surface area contributed by atoms with Gasteiger partial charge in [0.25, 0.3) is 0 Å². The standard InChI is InChI=1S/C30H12B2F20/c1-30(2,3)4-5(31(6-10(33)18(41)26(49)19(42)11(6)34)7-12(35)20(43)27(50)21(44)13(7)36)32(8-14(37)22(45)28(51)23(46)15(8)38)9-16(39)24(47)29(52)25(48)17(9)40/h5H,4H2,1-3H3/q-1. The Labute approximate surface area is 278 Å². The van der Waals surface area contributed by atoms with Crippen LogP contribution in [0.4, 0.5) is 87.8 Å². The molecule has 0 aliphatic heterocycles. The molecule has 4 rings (SSSR count). The molecule has 4 aromatic carbocycles. The molecule has 0 aromatic heterocycles. The van der Waals surface area contributed by atoms with Gasteiger partial charge in [-0.25, -0.2) is 87.8 Å². The fourth-order valence-corrected chi connectivity index (χ4v) is 5.86. The highest BCUT2D eigenvalue weighted by molar-refractivity contribution is 7.02. The van der Waals surface area contributed by atoms with Gasteiger partial charge in [0.05, 0.1) is 0 Å². The second-order valence-electron chi connectivity index (χ2n) is 12.3. The molecular weight excluding hydrogens is 762 g/mol. The molecule has 22 heteroatoms. The van der Waals surface area contributed by atoms with Crippen molar-refractivity contribution in [2.75, 3.05) is 0 Å². The van der Waals surface area contributed by atoms with Crippen LogP contribution in [0.15, 0.2) is 0 Å². The summed E-state index contributed by atoms with van der Waals surface area (Å²) >= 11 is 0. The SMILES string of the molecule is CC(C)(C)CC(B(c1c(F)c(F)c(F)c(F)c1F)c1c(F)c(F)c(F)c(F)c1F)[B-](c1c(F)c(F)c(F)c(F)c1F)c1c(F)c(F)c(F)c(F)c1F. The summed E-state index contributed by atoms with van der Waals surface area (Å²) in [6.45, 7) is -5.14. The van der Waals surface area contributed by atoms with E-state index in [4.69, 9.17) is 0 Å². The molecule has 0 N–H and O–H groups in total. The van der Waals surface area contributed by atoms with Gasteiger partial charge >= 0.3 is 0 Å². The Hall–Kier alpha value is -4.39. The molecule has 0 saturated carbocycles. The van der Waals surface area contributed by atoms with E-state index in [-0.39, 0.29) is 0 Å². The molecule has 0 nitrogen and oxygen atoms in total. The first-order valence-corrected chi connectivity index (χ1v) is 13.9. The molecule has 279 valence electrons. The van der Waals surface area contributed by atoms with Crippen molar-refractivity contribution in [2.24, 2.45) is 5.41 Å². The molecule has 0 aliphatic rings. The van der Waals surface area contributed by atoms with Crippen LogP contribution in [0.25, 0.3) is 0 Å². The van der Waals surface area contributed by atoms with E-state index in [2.05, 4.69) is 0 Å². The molecule has 0 heterocycles. The van der Waals surface area contributed by atoms with Crippen molar-refractivity contribution in [3.8, 4) is 0 Å². The van der Waals surface area contributed by atoms with Gasteiger partial charge in [0.1, 0.15) is 23.3 Å². The summed E-state index contributed by atoms with van der Waals surface area (Å²) in [5.74, 6) is -62.5. The smallest absolute Gasteiger partial charge is 0.200 e. The molecule has 0 bridgehead atoms. The molecule has 52 heavy (non-hydrogen) atoms. The lowest BCUT2D eigenvalue weighted by Crippen LogP contribution is -2.64. The predicted octanol–water partition coefficient (Wildman–Crippen LogP) is 7.73. The van der Waals surface area contributed by atoms with Crippen molar-refractivity contribution in [3.63, 3.8) is 0 Å². The Bertz CT molecular complexity index is 1750. The van der Waals surface area contributed by atoms with Crippen molar-refractivity contribution in [1.29, 1.82) is 0 Å². The summed E-state index contributed by atoms with van der Waals surface area (Å²) in [5.41, 5.74) is -16.2. The zero-order chi connectivity index (χ0) is 39.8. The molecule has 1 radical (unpaired) electrons. The van der Waals surface area contributed by atoms with Gasteiger partial charge < -0.3 is 0 Å². The second-order valence-corrected chi connectivity index (χ2v) is 12.3. The minimum absolute atomic E-state index is 0.905. The first-order valence-electron chi connectivity index (χ1n) is 13.9. The molecule has 0 spiro atoms. The second kappa shape index (κ2) is 13.9. The lowest BCUT2D eigenvalue weighted by molar-refractivity contribution is 0.375. The van der Waals surface area contributed by atoms with Gasteiger partial charge in [-0.2, -0.15) is 16.6 Å². The maximum atomic E-state index is 15.6. The van der Waals surface area contributed by atoms with Crippen molar-refractivity contribution in [1.82, 2.24) is 0 Å². The average Bonchev–Trinajstić information content (AvgIpc) is 3.08. The molecular formula is C30H12B2F20-. The number of halogens is 20. The number of hydrogen-bond acceptors (Lipinski definition) is 0. The lowest BCUT2D eigenvalue weighted by atomic mass is 9.14. The van der Waals surface area contributed by atoms with Gasteiger partial charge in [-0.05, 0) is 16.3 Å². The zero-order valence-electron chi connectivity index (χ0n) is 25.5. The summed E-state index contributed by atoms with van der Waals surface area (Å²) in [4.78, 5) is 0. The van der Waals surface area contributed by atoms with Gasteiger partial charge in [0.15, 0.2) is 99.8 Å². The highest BCUT2D eigenvalue weighted by atomic mass is 19.2. The quantitative estimate of drug-likeness (QED) is 0.0782. The largest absolute Gasteiger partial charge is 0.207 e. The summed E-state index contributed by atoms with van der Waals surface area (Å²) in [5, 5.41) is 0. The normalized spacial score (nSPS) is 12.7. The van der Waals surface area contributed by atoms with Gasteiger partial charge in [-0.1, -0.05) is 33.9 Å². The first-order chi connectivity index (χ1) is 23.8. The summed E-state index contributed by atoms with van der Waals surface area (Å²) in [6.07, 6.45) is -1.58. The Balaban J connectivity index is 2.46. The van der Waals surface area contributed by atoms with E-state index in [1.54, 1.807) is 0 Å². The van der Waals surface area contributed by atoms with Crippen LogP contribution in [-0.2, 0) is 0 Å². The number of benzene rings is 4.